The van der Waals surface area contributed by atoms with Gasteiger partial charge in [0.05, 0.1) is 12.6 Å². The molecule has 1 aliphatic rings. The molecule has 126 valence electrons. The Morgan fingerprint density at radius 1 is 1.12 bits per heavy atom. The van der Waals surface area contributed by atoms with Crippen LogP contribution in [0.2, 0.25) is 0 Å². The van der Waals surface area contributed by atoms with Crippen LogP contribution >= 0.6 is 0 Å². The SMILES string of the molecule is Cc1ccc([C@@H](C)NC(=O)CN2CCc3ccccc3C2)cc1C. The summed E-state index contributed by atoms with van der Waals surface area (Å²) in [6.07, 6.45) is 1.02. The Hall–Kier alpha value is -2.13. The zero-order valence-electron chi connectivity index (χ0n) is 14.8. The molecular formula is C21H26N2O. The van der Waals surface area contributed by atoms with Gasteiger partial charge in [-0.2, -0.15) is 0 Å². The van der Waals surface area contributed by atoms with Gasteiger partial charge in [0.2, 0.25) is 5.91 Å². The molecule has 24 heavy (non-hydrogen) atoms. The summed E-state index contributed by atoms with van der Waals surface area (Å²) in [5.41, 5.74) is 6.47. The van der Waals surface area contributed by atoms with Crippen LogP contribution in [-0.2, 0) is 17.8 Å². The molecule has 3 heteroatoms. The molecule has 1 heterocycles. The zero-order chi connectivity index (χ0) is 17.1. The van der Waals surface area contributed by atoms with Crippen molar-refractivity contribution in [2.45, 2.75) is 39.8 Å². The van der Waals surface area contributed by atoms with Crippen LogP contribution < -0.4 is 5.32 Å². The Kier molecular flexibility index (Phi) is 5.00. The molecule has 0 fully saturated rings. The Labute approximate surface area is 144 Å². The second-order valence-corrected chi connectivity index (χ2v) is 6.86. The van der Waals surface area contributed by atoms with E-state index >= 15 is 0 Å². The molecule has 0 aromatic heterocycles. The van der Waals surface area contributed by atoms with Crippen molar-refractivity contribution in [2.75, 3.05) is 13.1 Å². The van der Waals surface area contributed by atoms with E-state index in [1.807, 2.05) is 6.92 Å². The number of carbonyl (C=O) groups is 1. The van der Waals surface area contributed by atoms with E-state index in [0.717, 1.165) is 25.1 Å². The Morgan fingerprint density at radius 3 is 2.62 bits per heavy atom. The van der Waals surface area contributed by atoms with Gasteiger partial charge in [-0.25, -0.2) is 0 Å². The molecule has 2 aromatic carbocycles. The maximum atomic E-state index is 12.4. The van der Waals surface area contributed by atoms with E-state index in [2.05, 4.69) is 66.5 Å². The first-order chi connectivity index (χ1) is 11.5. The molecule has 2 aromatic rings. The molecule has 0 spiro atoms. The minimum Gasteiger partial charge on any atom is -0.348 e. The molecule has 3 nitrogen and oxygen atoms in total. The summed E-state index contributed by atoms with van der Waals surface area (Å²) in [7, 11) is 0. The van der Waals surface area contributed by atoms with Crippen LogP contribution in [0.15, 0.2) is 42.5 Å². The highest BCUT2D eigenvalue weighted by Gasteiger charge is 2.19. The number of fused-ring (bicyclic) bond motifs is 1. The lowest BCUT2D eigenvalue weighted by molar-refractivity contribution is -0.123. The van der Waals surface area contributed by atoms with E-state index in [9.17, 15) is 4.79 Å². The van der Waals surface area contributed by atoms with Gasteiger partial charge in [-0.05, 0) is 55.0 Å². The average molecular weight is 322 g/mol. The summed E-state index contributed by atoms with van der Waals surface area (Å²) < 4.78 is 0. The molecule has 1 aliphatic heterocycles. The fraction of sp³-hybridized carbons (Fsp3) is 0.381. The topological polar surface area (TPSA) is 32.3 Å². The number of benzene rings is 2. The highest BCUT2D eigenvalue weighted by molar-refractivity contribution is 5.78. The van der Waals surface area contributed by atoms with Crippen molar-refractivity contribution < 1.29 is 4.79 Å². The number of hydrogen-bond donors (Lipinski definition) is 1. The molecule has 0 saturated carbocycles. The first-order valence-electron chi connectivity index (χ1n) is 8.68. The van der Waals surface area contributed by atoms with E-state index < -0.39 is 0 Å². The third-order valence-electron chi connectivity index (χ3n) is 4.99. The Balaban J connectivity index is 1.57. The van der Waals surface area contributed by atoms with Gasteiger partial charge < -0.3 is 5.32 Å². The van der Waals surface area contributed by atoms with Crippen LogP contribution in [0.4, 0.5) is 0 Å². The van der Waals surface area contributed by atoms with Gasteiger partial charge >= 0.3 is 0 Å². The summed E-state index contributed by atoms with van der Waals surface area (Å²) >= 11 is 0. The van der Waals surface area contributed by atoms with Crippen LogP contribution in [0, 0.1) is 13.8 Å². The van der Waals surface area contributed by atoms with Crippen molar-refractivity contribution in [1.29, 1.82) is 0 Å². The Morgan fingerprint density at radius 2 is 1.88 bits per heavy atom. The number of amides is 1. The van der Waals surface area contributed by atoms with E-state index in [1.54, 1.807) is 0 Å². The van der Waals surface area contributed by atoms with Crippen LogP contribution in [0.3, 0.4) is 0 Å². The third-order valence-corrected chi connectivity index (χ3v) is 4.99. The molecule has 1 amide bonds. The summed E-state index contributed by atoms with van der Waals surface area (Å²) in [5, 5.41) is 3.13. The molecule has 0 unspecified atom stereocenters. The molecule has 1 N–H and O–H groups in total. The zero-order valence-corrected chi connectivity index (χ0v) is 14.8. The summed E-state index contributed by atoms with van der Waals surface area (Å²) in [5.74, 6) is 0.0973. The minimum atomic E-state index is 0.0360. The van der Waals surface area contributed by atoms with Crippen LogP contribution in [0.1, 0.15) is 40.8 Å². The predicted octanol–water partition coefficient (Wildman–Crippen LogP) is 3.54. The van der Waals surface area contributed by atoms with Crippen LogP contribution in [0.25, 0.3) is 0 Å². The van der Waals surface area contributed by atoms with Crippen molar-refractivity contribution in [1.82, 2.24) is 10.2 Å². The van der Waals surface area contributed by atoms with E-state index in [4.69, 9.17) is 0 Å². The summed E-state index contributed by atoms with van der Waals surface area (Å²) in [6.45, 7) is 8.54. The summed E-state index contributed by atoms with van der Waals surface area (Å²) in [4.78, 5) is 14.6. The van der Waals surface area contributed by atoms with E-state index in [-0.39, 0.29) is 11.9 Å². The lowest BCUT2D eigenvalue weighted by Crippen LogP contribution is -2.40. The van der Waals surface area contributed by atoms with Crippen molar-refractivity contribution in [3.05, 3.63) is 70.3 Å². The van der Waals surface area contributed by atoms with Crippen LogP contribution in [0.5, 0.6) is 0 Å². The van der Waals surface area contributed by atoms with Gasteiger partial charge in [0.25, 0.3) is 0 Å². The number of rotatable bonds is 4. The second kappa shape index (κ2) is 7.18. The van der Waals surface area contributed by atoms with Crippen molar-refractivity contribution >= 4 is 5.91 Å². The molecule has 0 saturated heterocycles. The quantitative estimate of drug-likeness (QED) is 0.934. The fourth-order valence-corrected chi connectivity index (χ4v) is 3.30. The lowest BCUT2D eigenvalue weighted by atomic mass is 10.00. The fourth-order valence-electron chi connectivity index (χ4n) is 3.30. The molecular weight excluding hydrogens is 296 g/mol. The first kappa shape index (κ1) is 16.7. The highest BCUT2D eigenvalue weighted by Crippen LogP contribution is 2.19. The van der Waals surface area contributed by atoms with Crippen molar-refractivity contribution in [2.24, 2.45) is 0 Å². The monoisotopic (exact) mass is 322 g/mol. The number of nitrogens with one attached hydrogen (secondary N) is 1. The average Bonchev–Trinajstić information content (AvgIpc) is 2.57. The smallest absolute Gasteiger partial charge is 0.234 e. The molecule has 3 rings (SSSR count). The normalized spacial score (nSPS) is 15.6. The summed E-state index contributed by atoms with van der Waals surface area (Å²) in [6, 6.07) is 14.9. The van der Waals surface area contributed by atoms with E-state index in [1.165, 1.54) is 22.3 Å². The number of aryl methyl sites for hydroxylation is 2. The predicted molar refractivity (Wildman–Crippen MR) is 97.9 cm³/mol. The standard InChI is InChI=1S/C21H26N2O/c1-15-8-9-19(12-16(15)2)17(3)22-21(24)14-23-11-10-18-6-4-5-7-20(18)13-23/h4-9,12,17H,10-11,13-14H2,1-3H3,(H,22,24)/t17-/m1/s1. The lowest BCUT2D eigenvalue weighted by Gasteiger charge is -2.28. The molecule has 0 radical (unpaired) electrons. The Bertz CT molecular complexity index is 738. The van der Waals surface area contributed by atoms with Gasteiger partial charge in [0.15, 0.2) is 0 Å². The molecule has 0 bridgehead atoms. The molecule has 1 atom stereocenters. The van der Waals surface area contributed by atoms with Crippen molar-refractivity contribution in [3.63, 3.8) is 0 Å². The van der Waals surface area contributed by atoms with Gasteiger partial charge in [0, 0.05) is 13.1 Å². The first-order valence-corrected chi connectivity index (χ1v) is 8.68. The van der Waals surface area contributed by atoms with Crippen molar-refractivity contribution in [3.8, 4) is 0 Å². The van der Waals surface area contributed by atoms with Gasteiger partial charge in [0.1, 0.15) is 0 Å². The molecule has 0 aliphatic carbocycles. The van der Waals surface area contributed by atoms with Gasteiger partial charge in [-0.15, -0.1) is 0 Å². The van der Waals surface area contributed by atoms with Crippen LogP contribution in [-0.4, -0.2) is 23.9 Å². The number of nitrogens with zero attached hydrogens (tertiary/aromatic N) is 1. The number of carbonyl (C=O) groups excluding carboxylic acids is 1. The van der Waals surface area contributed by atoms with Gasteiger partial charge in [-0.3, -0.25) is 9.69 Å². The van der Waals surface area contributed by atoms with Gasteiger partial charge in [-0.1, -0.05) is 42.5 Å². The minimum absolute atomic E-state index is 0.0360. The maximum absolute atomic E-state index is 12.4. The third kappa shape index (κ3) is 3.85. The largest absolute Gasteiger partial charge is 0.348 e. The second-order valence-electron chi connectivity index (χ2n) is 6.86. The maximum Gasteiger partial charge on any atom is 0.234 e. The highest BCUT2D eigenvalue weighted by atomic mass is 16.2. The van der Waals surface area contributed by atoms with E-state index in [0.29, 0.717) is 6.54 Å². The number of hydrogen-bond acceptors (Lipinski definition) is 2.